The molecule has 1 N–H and O–H groups in total. The summed E-state index contributed by atoms with van der Waals surface area (Å²) in [6.45, 7) is 7.82. The molecule has 0 unspecified atom stereocenters. The van der Waals surface area contributed by atoms with Crippen LogP contribution in [0.15, 0.2) is 53.5 Å². The lowest BCUT2D eigenvalue weighted by molar-refractivity contribution is -0.112. The minimum Gasteiger partial charge on any atom is -0.356 e. The topological polar surface area (TPSA) is 67.2 Å². The van der Waals surface area contributed by atoms with Gasteiger partial charge in [-0.15, -0.1) is 0 Å². The third kappa shape index (κ3) is 3.03. The molecule has 2 atom stereocenters. The summed E-state index contributed by atoms with van der Waals surface area (Å²) in [6, 6.07) is 9.36. The first-order valence-electron chi connectivity index (χ1n) is 8.89. The summed E-state index contributed by atoms with van der Waals surface area (Å²) in [4.78, 5) is 30.6. The van der Waals surface area contributed by atoms with Crippen LogP contribution >= 0.6 is 0 Å². The van der Waals surface area contributed by atoms with Crippen molar-refractivity contribution < 1.29 is 4.79 Å². The molecule has 1 saturated heterocycles. The van der Waals surface area contributed by atoms with E-state index in [1.54, 1.807) is 19.2 Å². The maximum Gasteiger partial charge on any atom is 0.250 e. The van der Waals surface area contributed by atoms with Crippen molar-refractivity contribution in [3.63, 3.8) is 0 Å². The van der Waals surface area contributed by atoms with E-state index in [2.05, 4.69) is 27.8 Å². The van der Waals surface area contributed by atoms with Gasteiger partial charge in [-0.25, -0.2) is 4.98 Å². The third-order valence-electron chi connectivity index (χ3n) is 5.20. The summed E-state index contributed by atoms with van der Waals surface area (Å²) in [7, 11) is 0. The summed E-state index contributed by atoms with van der Waals surface area (Å²) in [5.74, 6) is 1.50. The number of hydrogen-bond acceptors (Lipinski definition) is 4. The highest BCUT2D eigenvalue weighted by molar-refractivity contribution is 6.02. The molecule has 134 valence electrons. The van der Waals surface area contributed by atoms with E-state index in [1.807, 2.05) is 22.8 Å². The van der Waals surface area contributed by atoms with Crippen LogP contribution in [-0.4, -0.2) is 28.5 Å². The fraction of sp³-hybridized carbons (Fsp3) is 0.350. The summed E-state index contributed by atoms with van der Waals surface area (Å²) >= 11 is 0. The summed E-state index contributed by atoms with van der Waals surface area (Å²) in [5, 5.41) is 2.77. The van der Waals surface area contributed by atoms with E-state index in [4.69, 9.17) is 0 Å². The van der Waals surface area contributed by atoms with E-state index in [1.165, 1.54) is 0 Å². The molecule has 1 amide bonds. The molecule has 4 heterocycles. The Labute approximate surface area is 152 Å². The second-order valence-electron chi connectivity index (χ2n) is 7.24. The van der Waals surface area contributed by atoms with Gasteiger partial charge in [0.2, 0.25) is 0 Å². The van der Waals surface area contributed by atoms with Gasteiger partial charge in [0.05, 0.1) is 11.9 Å². The van der Waals surface area contributed by atoms with Gasteiger partial charge in [0.1, 0.15) is 5.82 Å². The number of carbonyl (C=O) groups is 1. The Balaban J connectivity index is 1.53. The van der Waals surface area contributed by atoms with Gasteiger partial charge in [0.15, 0.2) is 0 Å². The first-order valence-corrected chi connectivity index (χ1v) is 8.89. The summed E-state index contributed by atoms with van der Waals surface area (Å²) in [6.07, 6.45) is 2.80. The molecule has 26 heavy (non-hydrogen) atoms. The van der Waals surface area contributed by atoms with E-state index < -0.39 is 0 Å². The largest absolute Gasteiger partial charge is 0.356 e. The molecule has 4 rings (SSSR count). The molecule has 0 radical (unpaired) electrons. The normalized spacial score (nSPS) is 21.0. The average molecular weight is 350 g/mol. The lowest BCUT2D eigenvalue weighted by Crippen LogP contribution is -2.47. The molecule has 1 fully saturated rings. The average Bonchev–Trinajstić information content (AvgIpc) is 2.63. The highest BCUT2D eigenvalue weighted by Gasteiger charge is 2.34. The zero-order valence-corrected chi connectivity index (χ0v) is 14.8. The van der Waals surface area contributed by atoms with Crippen molar-refractivity contribution in [2.24, 2.45) is 5.92 Å². The predicted molar refractivity (Wildman–Crippen MR) is 101 cm³/mol. The minimum atomic E-state index is -0.200. The number of aromatic nitrogens is 2. The first kappa shape index (κ1) is 16.6. The summed E-state index contributed by atoms with van der Waals surface area (Å²) < 4.78 is 1.93. The van der Waals surface area contributed by atoms with Crippen LogP contribution in [0, 0.1) is 5.92 Å². The van der Waals surface area contributed by atoms with Gasteiger partial charge in [-0.05, 0) is 37.5 Å². The van der Waals surface area contributed by atoms with Crippen molar-refractivity contribution in [2.45, 2.75) is 25.8 Å². The molecule has 6 heteroatoms. The van der Waals surface area contributed by atoms with Crippen LogP contribution in [0.1, 0.15) is 25.0 Å². The number of fused-ring (bicyclic) bond motifs is 4. The third-order valence-corrected chi connectivity index (χ3v) is 5.20. The molecule has 0 saturated carbocycles. The van der Waals surface area contributed by atoms with Crippen LogP contribution in [0.5, 0.6) is 0 Å². The molecule has 6 nitrogen and oxygen atoms in total. The number of hydrogen-bond donors (Lipinski definition) is 1. The zero-order chi connectivity index (χ0) is 18.3. The molecule has 2 aromatic rings. The number of anilines is 2. The van der Waals surface area contributed by atoms with Gasteiger partial charge in [0, 0.05) is 42.9 Å². The molecule has 2 aliphatic heterocycles. The number of nitrogens with one attached hydrogen (secondary N) is 1. The Hall–Kier alpha value is -2.89. The fourth-order valence-electron chi connectivity index (χ4n) is 3.97. The lowest BCUT2D eigenvalue weighted by Gasteiger charge is -2.43. The van der Waals surface area contributed by atoms with Crippen molar-refractivity contribution in [1.29, 1.82) is 0 Å². The molecule has 0 aromatic carbocycles. The monoisotopic (exact) mass is 350 g/mol. The number of pyridine rings is 2. The first-order chi connectivity index (χ1) is 12.5. The zero-order valence-electron chi connectivity index (χ0n) is 14.8. The standard InChI is InChI=1S/C20H22N4O2/c1-13(2)20(26)22-16-6-7-18(21-9-16)23-10-14-8-15(12-23)17-4-3-5-19(25)24(17)11-14/h3-7,9,14-15H,1,8,10-12H2,2H3,(H,22,26)/t14-,15-/m0/s1. The van der Waals surface area contributed by atoms with Crippen LogP contribution in [-0.2, 0) is 11.3 Å². The van der Waals surface area contributed by atoms with Crippen LogP contribution in [0.2, 0.25) is 0 Å². The second kappa shape index (κ2) is 6.44. The van der Waals surface area contributed by atoms with Gasteiger partial charge >= 0.3 is 0 Å². The molecule has 2 bridgehead atoms. The second-order valence-corrected chi connectivity index (χ2v) is 7.24. The van der Waals surface area contributed by atoms with E-state index >= 15 is 0 Å². The van der Waals surface area contributed by atoms with E-state index in [-0.39, 0.29) is 11.5 Å². The summed E-state index contributed by atoms with van der Waals surface area (Å²) in [5.41, 5.74) is 2.35. The quantitative estimate of drug-likeness (QED) is 0.863. The van der Waals surface area contributed by atoms with Crippen molar-refractivity contribution in [1.82, 2.24) is 9.55 Å². The lowest BCUT2D eigenvalue weighted by atomic mass is 9.83. The Bertz CT molecular complexity index is 916. The molecule has 2 aromatic heterocycles. The van der Waals surface area contributed by atoms with E-state index in [9.17, 15) is 9.59 Å². The van der Waals surface area contributed by atoms with E-state index in [0.717, 1.165) is 37.6 Å². The maximum atomic E-state index is 12.1. The maximum absolute atomic E-state index is 12.1. The Kier molecular flexibility index (Phi) is 4.11. The molecular formula is C20H22N4O2. The van der Waals surface area contributed by atoms with Crippen LogP contribution in [0.25, 0.3) is 0 Å². The molecule has 2 aliphatic rings. The van der Waals surface area contributed by atoms with Crippen LogP contribution < -0.4 is 15.8 Å². The van der Waals surface area contributed by atoms with Crippen LogP contribution in [0.3, 0.4) is 0 Å². The minimum absolute atomic E-state index is 0.0985. The predicted octanol–water partition coefficient (Wildman–Crippen LogP) is 2.38. The van der Waals surface area contributed by atoms with Gasteiger partial charge < -0.3 is 14.8 Å². The van der Waals surface area contributed by atoms with Crippen molar-refractivity contribution in [3.05, 3.63) is 64.7 Å². The van der Waals surface area contributed by atoms with Crippen LogP contribution in [0.4, 0.5) is 11.5 Å². The fourth-order valence-corrected chi connectivity index (χ4v) is 3.97. The number of carbonyl (C=O) groups excluding carboxylic acids is 1. The molecular weight excluding hydrogens is 328 g/mol. The Morgan fingerprint density at radius 1 is 1.23 bits per heavy atom. The highest BCUT2D eigenvalue weighted by atomic mass is 16.1. The smallest absolute Gasteiger partial charge is 0.250 e. The Morgan fingerprint density at radius 2 is 2.08 bits per heavy atom. The Morgan fingerprint density at radius 3 is 2.81 bits per heavy atom. The molecule has 0 aliphatic carbocycles. The van der Waals surface area contributed by atoms with Gasteiger partial charge in [-0.2, -0.15) is 0 Å². The van der Waals surface area contributed by atoms with Crippen molar-refractivity contribution in [3.8, 4) is 0 Å². The van der Waals surface area contributed by atoms with Gasteiger partial charge in [-0.3, -0.25) is 9.59 Å². The SMILES string of the molecule is C=C(C)C(=O)Nc1ccc(N2C[C@@H]3C[C@@H](C2)c2cccc(=O)n2C3)nc1. The number of nitrogens with zero attached hydrogens (tertiary/aromatic N) is 3. The highest BCUT2D eigenvalue weighted by Crippen LogP contribution is 2.36. The number of amides is 1. The number of piperidine rings is 1. The van der Waals surface area contributed by atoms with Crippen molar-refractivity contribution >= 4 is 17.4 Å². The van der Waals surface area contributed by atoms with E-state index in [0.29, 0.717) is 23.1 Å². The van der Waals surface area contributed by atoms with Gasteiger partial charge in [0.25, 0.3) is 11.5 Å². The molecule has 0 spiro atoms. The van der Waals surface area contributed by atoms with Crippen molar-refractivity contribution in [2.75, 3.05) is 23.3 Å². The number of rotatable bonds is 3. The van der Waals surface area contributed by atoms with Gasteiger partial charge in [-0.1, -0.05) is 12.6 Å².